The van der Waals surface area contributed by atoms with Gasteiger partial charge < -0.3 is 32.0 Å². The van der Waals surface area contributed by atoms with Crippen molar-refractivity contribution >= 4 is 50.3 Å². The highest BCUT2D eigenvalue weighted by molar-refractivity contribution is 7.84. The number of carboxylic acid groups (broad SMARTS) is 1. The van der Waals surface area contributed by atoms with Crippen molar-refractivity contribution in [3.8, 4) is 0 Å². The molecule has 4 rings (SSSR count). The number of aromatic nitrogens is 4. The highest BCUT2D eigenvalue weighted by atomic mass is 32.2. The summed E-state index contributed by atoms with van der Waals surface area (Å²) in [7, 11) is -4.99. The van der Waals surface area contributed by atoms with E-state index in [-0.39, 0.29) is 40.1 Å². The van der Waals surface area contributed by atoms with Crippen molar-refractivity contribution in [1.29, 1.82) is 0 Å². The second-order valence-corrected chi connectivity index (χ2v) is 12.5. The van der Waals surface area contributed by atoms with E-state index in [4.69, 9.17) is 16.3 Å². The van der Waals surface area contributed by atoms with Crippen molar-refractivity contribution in [2.45, 2.75) is 69.4 Å². The predicted octanol–water partition coefficient (Wildman–Crippen LogP) is -1.93. The van der Waals surface area contributed by atoms with Gasteiger partial charge in [0, 0.05) is 30.3 Å². The Hall–Kier alpha value is -3.72. The maximum absolute atomic E-state index is 13.2. The molecule has 1 unspecified atom stereocenters. The molecule has 18 nitrogen and oxygen atoms in total. The predicted molar refractivity (Wildman–Crippen MR) is 142 cm³/mol. The number of amides is 2. The minimum atomic E-state index is -4.99. The van der Waals surface area contributed by atoms with Crippen LogP contribution in [0.15, 0.2) is 16.7 Å². The first kappa shape index (κ1) is 30.2. The van der Waals surface area contributed by atoms with Crippen molar-refractivity contribution in [1.82, 2.24) is 34.9 Å². The first-order chi connectivity index (χ1) is 19.1. The Bertz CT molecular complexity index is 1460. The number of hydrogen-bond donors (Lipinski definition) is 6. The number of anilines is 1. The van der Waals surface area contributed by atoms with Crippen molar-refractivity contribution < 1.29 is 37.3 Å². The van der Waals surface area contributed by atoms with E-state index in [9.17, 15) is 32.5 Å². The second kappa shape index (κ2) is 11.3. The standard InChI is InChI=1S/C21H30N10O8S2/c1-20(2,23)5-6-24-7-11-8-25-30(28-11)9-13-15(17(33)31(13)41(36,37)38)27-16(32)14(12-10-40-19(22)26-12)29-39-21(3-4-21)18(34)35/h8,10,13,15,24H,3-7,9,23H2,1-2H3,(H2,22,26)(H,27,32)(H,34,35)(H,36,37,38)/b29-14-/t13-,15?/m0/s1. The largest absolute Gasteiger partial charge is 0.478 e. The molecule has 2 atom stereocenters. The summed E-state index contributed by atoms with van der Waals surface area (Å²) in [5.74, 6) is -3.40. The lowest BCUT2D eigenvalue weighted by atomic mass is 9.98. The van der Waals surface area contributed by atoms with Crippen LogP contribution in [0.2, 0.25) is 0 Å². The van der Waals surface area contributed by atoms with Crippen molar-refractivity contribution in [2.75, 3.05) is 12.3 Å². The summed E-state index contributed by atoms with van der Waals surface area (Å²) in [6.45, 7) is 4.45. The summed E-state index contributed by atoms with van der Waals surface area (Å²) in [6, 6.07) is -2.75. The minimum absolute atomic E-state index is 0.0509. The number of carbonyl (C=O) groups is 3. The van der Waals surface area contributed by atoms with Gasteiger partial charge in [0.1, 0.15) is 17.8 Å². The number of β-lactam (4-membered cyclic amide) rings is 1. The fraction of sp³-hybridized carbons (Fsp3) is 0.571. The number of nitrogens with zero attached hydrogens (tertiary/aromatic N) is 6. The second-order valence-electron chi connectivity index (χ2n) is 10.3. The first-order valence-corrected chi connectivity index (χ1v) is 14.6. The molecule has 20 heteroatoms. The molecular weight excluding hydrogens is 584 g/mol. The van der Waals surface area contributed by atoms with Crippen LogP contribution in [0.25, 0.3) is 0 Å². The maximum Gasteiger partial charge on any atom is 0.362 e. The summed E-state index contributed by atoms with van der Waals surface area (Å²) >= 11 is 0.976. The summed E-state index contributed by atoms with van der Waals surface area (Å²) < 4.78 is 33.7. The Morgan fingerprint density at radius 2 is 2.07 bits per heavy atom. The molecule has 0 bridgehead atoms. The Kier molecular flexibility index (Phi) is 8.32. The zero-order chi connectivity index (χ0) is 30.2. The quantitative estimate of drug-likeness (QED) is 0.0445. The zero-order valence-corrected chi connectivity index (χ0v) is 23.7. The van der Waals surface area contributed by atoms with Gasteiger partial charge in [-0.1, -0.05) is 5.16 Å². The number of carbonyl (C=O) groups excluding carboxylic acids is 2. The molecule has 2 aromatic rings. The van der Waals surface area contributed by atoms with Gasteiger partial charge in [-0.15, -0.1) is 11.3 Å². The van der Waals surface area contributed by atoms with E-state index in [2.05, 4.69) is 31.0 Å². The van der Waals surface area contributed by atoms with E-state index >= 15 is 0 Å². The molecule has 0 radical (unpaired) electrons. The van der Waals surface area contributed by atoms with Crippen molar-refractivity contribution in [2.24, 2.45) is 10.9 Å². The Morgan fingerprint density at radius 1 is 1.37 bits per heavy atom. The van der Waals surface area contributed by atoms with Gasteiger partial charge in [0.15, 0.2) is 10.8 Å². The minimum Gasteiger partial charge on any atom is -0.478 e. The lowest BCUT2D eigenvalue weighted by molar-refractivity contribution is -0.153. The van der Waals surface area contributed by atoms with Crippen LogP contribution in [0.1, 0.15) is 44.5 Å². The van der Waals surface area contributed by atoms with Crippen molar-refractivity contribution in [3.63, 3.8) is 0 Å². The highest BCUT2D eigenvalue weighted by Gasteiger charge is 2.56. The molecule has 0 spiro atoms. The highest BCUT2D eigenvalue weighted by Crippen LogP contribution is 2.40. The number of nitrogens with two attached hydrogens (primary N) is 2. The van der Waals surface area contributed by atoms with Gasteiger partial charge in [-0.3, -0.25) is 14.1 Å². The number of hydrogen-bond acceptors (Lipinski definition) is 14. The van der Waals surface area contributed by atoms with E-state index < -0.39 is 51.5 Å². The van der Waals surface area contributed by atoms with Crippen LogP contribution in [0.5, 0.6) is 0 Å². The molecule has 1 aliphatic heterocycles. The van der Waals surface area contributed by atoms with E-state index in [1.807, 2.05) is 13.8 Å². The molecule has 224 valence electrons. The van der Waals surface area contributed by atoms with Crippen LogP contribution >= 0.6 is 11.3 Å². The third kappa shape index (κ3) is 7.14. The third-order valence-corrected chi connectivity index (χ3v) is 7.90. The topological polar surface area (TPSA) is 270 Å². The molecule has 8 N–H and O–H groups in total. The normalized spacial score (nSPS) is 20.4. The molecule has 2 aliphatic rings. The lowest BCUT2D eigenvalue weighted by Gasteiger charge is -2.43. The van der Waals surface area contributed by atoms with Crippen molar-refractivity contribution in [3.05, 3.63) is 23.0 Å². The molecule has 1 aliphatic carbocycles. The van der Waals surface area contributed by atoms with Gasteiger partial charge in [0.05, 0.1) is 18.4 Å². The summed E-state index contributed by atoms with van der Waals surface area (Å²) in [6.07, 6.45) is 2.49. The van der Waals surface area contributed by atoms with Gasteiger partial charge >= 0.3 is 16.3 Å². The fourth-order valence-corrected chi connectivity index (χ4v) is 5.26. The van der Waals surface area contributed by atoms with Gasteiger partial charge in [-0.2, -0.15) is 23.4 Å². The summed E-state index contributed by atoms with van der Waals surface area (Å²) in [5.41, 5.74) is 9.67. The molecular formula is C21H30N10O8S2. The number of oxime groups is 1. The maximum atomic E-state index is 13.2. The molecule has 1 saturated heterocycles. The molecule has 2 fully saturated rings. The van der Waals surface area contributed by atoms with Gasteiger partial charge in [-0.05, 0) is 26.8 Å². The first-order valence-electron chi connectivity index (χ1n) is 12.3. The van der Waals surface area contributed by atoms with Crippen LogP contribution in [0.4, 0.5) is 5.13 Å². The molecule has 0 aromatic carbocycles. The molecule has 3 heterocycles. The van der Waals surface area contributed by atoms with E-state index in [0.29, 0.717) is 25.2 Å². The van der Waals surface area contributed by atoms with Crippen LogP contribution in [-0.2, 0) is 42.6 Å². The fourth-order valence-electron chi connectivity index (χ4n) is 3.84. The average molecular weight is 615 g/mol. The molecule has 41 heavy (non-hydrogen) atoms. The Labute approximate surface area is 238 Å². The van der Waals surface area contributed by atoms with Crippen LogP contribution in [-0.4, -0.2) is 95.6 Å². The number of nitrogens with one attached hydrogen (secondary N) is 2. The third-order valence-electron chi connectivity index (χ3n) is 6.28. The van der Waals surface area contributed by atoms with Crippen LogP contribution in [0.3, 0.4) is 0 Å². The molecule has 1 saturated carbocycles. The average Bonchev–Trinajstić information content (AvgIpc) is 3.33. The zero-order valence-electron chi connectivity index (χ0n) is 22.1. The van der Waals surface area contributed by atoms with E-state index in [0.717, 1.165) is 16.1 Å². The Morgan fingerprint density at radius 3 is 2.63 bits per heavy atom. The summed E-state index contributed by atoms with van der Waals surface area (Å²) in [5, 5.41) is 28.4. The van der Waals surface area contributed by atoms with Crippen LogP contribution < -0.4 is 22.1 Å². The summed E-state index contributed by atoms with van der Waals surface area (Å²) in [4.78, 5) is 47.6. The van der Waals surface area contributed by atoms with Gasteiger partial charge in [-0.25, -0.2) is 14.1 Å². The SMILES string of the molecule is CC(C)(N)CCNCc1cnn(C[C@H]2C(NC(=O)/C(=N\OC3(C(=O)O)CC3)c3csc(N)n3)C(=O)N2S(=O)(=O)O)n1. The molecule has 2 amide bonds. The number of nitrogen functional groups attached to an aromatic ring is 1. The Balaban J connectivity index is 1.49. The number of thiazole rings is 1. The number of carboxylic acids is 1. The van der Waals surface area contributed by atoms with Crippen LogP contribution in [0, 0.1) is 0 Å². The molecule has 2 aromatic heterocycles. The monoisotopic (exact) mass is 614 g/mol. The van der Waals surface area contributed by atoms with E-state index in [1.54, 1.807) is 0 Å². The van der Waals surface area contributed by atoms with Gasteiger partial charge in [0.25, 0.3) is 11.8 Å². The number of rotatable bonds is 14. The number of aliphatic carboxylic acids is 1. The smallest absolute Gasteiger partial charge is 0.362 e. The van der Waals surface area contributed by atoms with E-state index in [1.165, 1.54) is 11.6 Å². The lowest BCUT2D eigenvalue weighted by Crippen LogP contribution is -2.73. The van der Waals surface area contributed by atoms with Gasteiger partial charge in [0.2, 0.25) is 5.60 Å².